The van der Waals surface area contributed by atoms with E-state index in [0.29, 0.717) is 35.5 Å². The van der Waals surface area contributed by atoms with Gasteiger partial charge in [-0.25, -0.2) is 0 Å². The largest absolute Gasteiger partial charge is 0.389 e. The van der Waals surface area contributed by atoms with Crippen molar-refractivity contribution in [2.75, 3.05) is 25.1 Å². The first-order chi connectivity index (χ1) is 8.65. The molecule has 0 aliphatic rings. The van der Waals surface area contributed by atoms with Gasteiger partial charge in [0, 0.05) is 13.2 Å². The van der Waals surface area contributed by atoms with Crippen LogP contribution in [0.15, 0.2) is 18.2 Å². The van der Waals surface area contributed by atoms with Crippen molar-refractivity contribution in [3.05, 3.63) is 28.2 Å². The minimum atomic E-state index is -0.575. The van der Waals surface area contributed by atoms with Crippen molar-refractivity contribution in [1.29, 1.82) is 0 Å². The van der Waals surface area contributed by atoms with Gasteiger partial charge >= 0.3 is 0 Å². The van der Waals surface area contributed by atoms with Gasteiger partial charge in [0.1, 0.15) is 0 Å². The van der Waals surface area contributed by atoms with E-state index in [0.717, 1.165) is 12.8 Å². The molecule has 5 heteroatoms. The van der Waals surface area contributed by atoms with Gasteiger partial charge in [0.05, 0.1) is 28.4 Å². The van der Waals surface area contributed by atoms with Crippen LogP contribution < -0.4 is 5.32 Å². The molecular weight excluding hydrogens is 273 g/mol. The lowest BCUT2D eigenvalue weighted by Gasteiger charge is -2.15. The van der Waals surface area contributed by atoms with Gasteiger partial charge in [0.15, 0.2) is 0 Å². The molecule has 1 aromatic carbocycles. The lowest BCUT2D eigenvalue weighted by atomic mass is 10.3. The fourth-order valence-corrected chi connectivity index (χ4v) is 1.94. The van der Waals surface area contributed by atoms with E-state index in [1.807, 2.05) is 0 Å². The zero-order valence-corrected chi connectivity index (χ0v) is 12.0. The number of rotatable bonds is 8. The quantitative estimate of drug-likeness (QED) is 0.720. The van der Waals surface area contributed by atoms with Crippen LogP contribution >= 0.6 is 23.2 Å². The van der Waals surface area contributed by atoms with E-state index in [2.05, 4.69) is 12.2 Å². The van der Waals surface area contributed by atoms with Gasteiger partial charge in [-0.05, 0) is 18.6 Å². The lowest BCUT2D eigenvalue weighted by molar-refractivity contribution is 0.0422. The number of hydrogen-bond acceptors (Lipinski definition) is 3. The van der Waals surface area contributed by atoms with Crippen LogP contribution in [0, 0.1) is 0 Å². The molecule has 0 fully saturated rings. The van der Waals surface area contributed by atoms with Gasteiger partial charge < -0.3 is 15.2 Å². The van der Waals surface area contributed by atoms with E-state index in [1.54, 1.807) is 18.2 Å². The van der Waals surface area contributed by atoms with Gasteiger partial charge in [-0.1, -0.05) is 42.6 Å². The van der Waals surface area contributed by atoms with Crippen LogP contribution in [0.5, 0.6) is 0 Å². The second-order valence-electron chi connectivity index (χ2n) is 4.06. The molecule has 0 aliphatic heterocycles. The third-order valence-electron chi connectivity index (χ3n) is 2.43. The first-order valence-electron chi connectivity index (χ1n) is 6.08. The van der Waals surface area contributed by atoms with Crippen LogP contribution in [-0.4, -0.2) is 31.0 Å². The lowest BCUT2D eigenvalue weighted by Crippen LogP contribution is -2.25. The van der Waals surface area contributed by atoms with Crippen molar-refractivity contribution in [3.8, 4) is 0 Å². The van der Waals surface area contributed by atoms with Crippen LogP contribution in [0.1, 0.15) is 19.8 Å². The zero-order valence-electron chi connectivity index (χ0n) is 10.5. The standard InChI is InChI=1S/C13H19Cl2NO2/c1-2-3-7-18-9-10(17)8-16-13-11(14)5-4-6-12(13)15/h4-6,10,16-17H,2-3,7-9H2,1H3. The van der Waals surface area contributed by atoms with E-state index >= 15 is 0 Å². The highest BCUT2D eigenvalue weighted by atomic mass is 35.5. The van der Waals surface area contributed by atoms with Gasteiger partial charge in [0.25, 0.3) is 0 Å². The minimum absolute atomic E-state index is 0.315. The topological polar surface area (TPSA) is 41.5 Å². The third kappa shape index (κ3) is 5.44. The van der Waals surface area contributed by atoms with Crippen molar-refractivity contribution in [3.63, 3.8) is 0 Å². The Morgan fingerprint density at radius 1 is 1.33 bits per heavy atom. The van der Waals surface area contributed by atoms with Crippen molar-refractivity contribution in [1.82, 2.24) is 0 Å². The highest BCUT2D eigenvalue weighted by Crippen LogP contribution is 2.29. The molecule has 0 spiro atoms. The molecule has 2 N–H and O–H groups in total. The first-order valence-corrected chi connectivity index (χ1v) is 6.84. The number of aliphatic hydroxyl groups is 1. The molecule has 1 atom stereocenters. The summed E-state index contributed by atoms with van der Waals surface area (Å²) < 4.78 is 5.33. The van der Waals surface area contributed by atoms with Crippen molar-refractivity contribution < 1.29 is 9.84 Å². The minimum Gasteiger partial charge on any atom is -0.389 e. The molecule has 102 valence electrons. The smallest absolute Gasteiger partial charge is 0.0945 e. The molecule has 1 unspecified atom stereocenters. The van der Waals surface area contributed by atoms with Crippen LogP contribution in [0.2, 0.25) is 10.0 Å². The zero-order chi connectivity index (χ0) is 13.4. The Morgan fingerprint density at radius 3 is 2.61 bits per heavy atom. The van der Waals surface area contributed by atoms with E-state index in [-0.39, 0.29) is 0 Å². The molecule has 0 aromatic heterocycles. The highest BCUT2D eigenvalue weighted by molar-refractivity contribution is 6.39. The summed E-state index contributed by atoms with van der Waals surface area (Å²) in [5.74, 6) is 0. The van der Waals surface area contributed by atoms with Gasteiger partial charge in [-0.3, -0.25) is 0 Å². The predicted octanol–water partition coefficient (Wildman–Crippen LogP) is 3.58. The maximum Gasteiger partial charge on any atom is 0.0945 e. The van der Waals surface area contributed by atoms with E-state index in [9.17, 15) is 5.11 Å². The van der Waals surface area contributed by atoms with Crippen molar-refractivity contribution in [2.45, 2.75) is 25.9 Å². The molecule has 3 nitrogen and oxygen atoms in total. The van der Waals surface area contributed by atoms with E-state index < -0.39 is 6.10 Å². The average Bonchev–Trinajstić information content (AvgIpc) is 2.34. The molecular formula is C13H19Cl2NO2. The molecule has 1 rings (SSSR count). The second kappa shape index (κ2) is 8.59. The number of ether oxygens (including phenoxy) is 1. The Hall–Kier alpha value is -0.480. The molecule has 0 bridgehead atoms. The van der Waals surface area contributed by atoms with Gasteiger partial charge in [0.2, 0.25) is 0 Å². The summed E-state index contributed by atoms with van der Waals surface area (Å²) in [4.78, 5) is 0. The number of nitrogens with one attached hydrogen (secondary N) is 1. The molecule has 0 heterocycles. The summed E-state index contributed by atoms with van der Waals surface area (Å²) >= 11 is 12.0. The number of aliphatic hydroxyl groups excluding tert-OH is 1. The molecule has 0 saturated heterocycles. The SMILES string of the molecule is CCCCOCC(O)CNc1c(Cl)cccc1Cl. The normalized spacial score (nSPS) is 12.4. The number of unbranched alkanes of at least 4 members (excludes halogenated alkanes) is 1. The second-order valence-corrected chi connectivity index (χ2v) is 4.87. The number of anilines is 1. The first kappa shape index (κ1) is 15.6. The van der Waals surface area contributed by atoms with Crippen molar-refractivity contribution in [2.24, 2.45) is 0 Å². The van der Waals surface area contributed by atoms with Crippen LogP contribution in [0.3, 0.4) is 0 Å². The Labute approximate surface area is 118 Å². The Morgan fingerprint density at radius 2 is 2.00 bits per heavy atom. The summed E-state index contributed by atoms with van der Waals surface area (Å²) in [5, 5.41) is 13.8. The fraction of sp³-hybridized carbons (Fsp3) is 0.538. The maximum atomic E-state index is 9.72. The Bertz CT molecular complexity index is 341. The molecule has 0 radical (unpaired) electrons. The number of halogens is 2. The molecule has 1 aromatic rings. The molecule has 0 amide bonds. The summed E-state index contributed by atoms with van der Waals surface area (Å²) in [6, 6.07) is 5.28. The highest BCUT2D eigenvalue weighted by Gasteiger charge is 2.08. The van der Waals surface area contributed by atoms with Crippen molar-refractivity contribution >= 4 is 28.9 Å². The molecule has 0 aliphatic carbocycles. The van der Waals surface area contributed by atoms with Crippen LogP contribution in [0.4, 0.5) is 5.69 Å². The molecule has 18 heavy (non-hydrogen) atoms. The average molecular weight is 292 g/mol. The van der Waals surface area contributed by atoms with Gasteiger partial charge in [-0.2, -0.15) is 0 Å². The summed E-state index contributed by atoms with van der Waals surface area (Å²) in [7, 11) is 0. The van der Waals surface area contributed by atoms with Crippen LogP contribution in [-0.2, 0) is 4.74 Å². The Kier molecular flexibility index (Phi) is 7.44. The summed E-state index contributed by atoms with van der Waals surface area (Å²) in [6.07, 6.45) is 1.52. The maximum absolute atomic E-state index is 9.72. The fourth-order valence-electron chi connectivity index (χ4n) is 1.41. The Balaban J connectivity index is 2.31. The predicted molar refractivity (Wildman–Crippen MR) is 76.7 cm³/mol. The van der Waals surface area contributed by atoms with E-state index in [4.69, 9.17) is 27.9 Å². The third-order valence-corrected chi connectivity index (χ3v) is 3.06. The monoisotopic (exact) mass is 291 g/mol. The van der Waals surface area contributed by atoms with Crippen LogP contribution in [0.25, 0.3) is 0 Å². The number of para-hydroxylation sites is 1. The number of hydrogen-bond donors (Lipinski definition) is 2. The van der Waals surface area contributed by atoms with Gasteiger partial charge in [-0.15, -0.1) is 0 Å². The summed E-state index contributed by atoms with van der Waals surface area (Å²) in [6.45, 7) is 3.45. The molecule has 0 saturated carbocycles. The number of benzene rings is 1. The van der Waals surface area contributed by atoms with E-state index in [1.165, 1.54) is 0 Å². The summed E-state index contributed by atoms with van der Waals surface area (Å²) in [5.41, 5.74) is 0.647.